The maximum atomic E-state index is 12.7. The van der Waals surface area contributed by atoms with E-state index in [4.69, 9.17) is 23.8 Å². The fourth-order valence-electron chi connectivity index (χ4n) is 3.31. The number of nitrogens with one attached hydrogen (secondary N) is 1. The molecule has 1 aliphatic rings. The average Bonchev–Trinajstić information content (AvgIpc) is 3.02. The first-order valence-corrected chi connectivity index (χ1v) is 11.4. The maximum absolute atomic E-state index is 12.7. The summed E-state index contributed by atoms with van der Waals surface area (Å²) >= 11 is 12.8. The summed E-state index contributed by atoms with van der Waals surface area (Å²) in [5.41, 5.74) is 1.54. The number of amides is 2. The second kappa shape index (κ2) is 9.64. The predicted octanol–water partition coefficient (Wildman–Crippen LogP) is 6.11. The summed E-state index contributed by atoms with van der Waals surface area (Å²) in [4.78, 5) is 27.2. The summed E-state index contributed by atoms with van der Waals surface area (Å²) in [7, 11) is 0. The largest absolute Gasteiger partial charge is 0.326 e. The van der Waals surface area contributed by atoms with E-state index in [-0.39, 0.29) is 11.8 Å². The van der Waals surface area contributed by atoms with Crippen LogP contribution in [0.5, 0.6) is 0 Å². The highest BCUT2D eigenvalue weighted by atomic mass is 35.5. The van der Waals surface area contributed by atoms with E-state index >= 15 is 0 Å². The van der Waals surface area contributed by atoms with Crippen molar-refractivity contribution in [3.05, 3.63) is 82.2 Å². The lowest BCUT2D eigenvalue weighted by molar-refractivity contribution is -0.122. The van der Waals surface area contributed by atoms with Crippen LogP contribution >= 0.6 is 35.6 Å². The smallest absolute Gasteiger partial charge is 0.266 e. The quantitative estimate of drug-likeness (QED) is 0.351. The SMILES string of the molecule is O=C(CCCN1C(=O)/C(=C/c2ccccc2Cl)SC1=S)Nc1ccc2ccccc2c1. The first-order chi connectivity index (χ1) is 15.0. The minimum absolute atomic E-state index is 0.0904. The second-order valence-corrected chi connectivity index (χ2v) is 9.15. The van der Waals surface area contributed by atoms with Crippen molar-refractivity contribution >= 4 is 74.3 Å². The highest BCUT2D eigenvalue weighted by Crippen LogP contribution is 2.33. The molecule has 156 valence electrons. The second-order valence-electron chi connectivity index (χ2n) is 7.07. The van der Waals surface area contributed by atoms with Gasteiger partial charge in [-0.05, 0) is 47.0 Å². The molecule has 0 bridgehead atoms. The molecule has 0 unspecified atom stereocenters. The van der Waals surface area contributed by atoms with E-state index in [1.165, 1.54) is 11.8 Å². The fraction of sp³-hybridized carbons (Fsp3) is 0.125. The average molecular weight is 467 g/mol. The molecule has 1 heterocycles. The van der Waals surface area contributed by atoms with Crippen molar-refractivity contribution in [2.75, 3.05) is 11.9 Å². The number of benzene rings is 3. The fourth-order valence-corrected chi connectivity index (χ4v) is 4.80. The topological polar surface area (TPSA) is 49.4 Å². The number of thiocarbonyl (C=S) groups is 1. The zero-order chi connectivity index (χ0) is 21.8. The summed E-state index contributed by atoms with van der Waals surface area (Å²) in [6, 6.07) is 21.2. The van der Waals surface area contributed by atoms with Crippen molar-refractivity contribution in [3.63, 3.8) is 0 Å². The van der Waals surface area contributed by atoms with Crippen LogP contribution in [0.15, 0.2) is 71.6 Å². The maximum Gasteiger partial charge on any atom is 0.266 e. The predicted molar refractivity (Wildman–Crippen MR) is 133 cm³/mol. The number of rotatable bonds is 6. The summed E-state index contributed by atoms with van der Waals surface area (Å²) in [5.74, 6) is -0.239. The van der Waals surface area contributed by atoms with Crippen LogP contribution in [-0.4, -0.2) is 27.6 Å². The third-order valence-electron chi connectivity index (χ3n) is 4.88. The number of carbonyl (C=O) groups excluding carboxylic acids is 2. The number of halogens is 1. The van der Waals surface area contributed by atoms with Gasteiger partial charge in [-0.25, -0.2) is 0 Å². The van der Waals surface area contributed by atoms with Crippen LogP contribution < -0.4 is 5.32 Å². The van der Waals surface area contributed by atoms with E-state index in [1.807, 2.05) is 60.7 Å². The number of hydrogen-bond donors (Lipinski definition) is 1. The van der Waals surface area contributed by atoms with Gasteiger partial charge in [0, 0.05) is 23.7 Å². The first-order valence-electron chi connectivity index (χ1n) is 9.80. The summed E-state index contributed by atoms with van der Waals surface area (Å²) in [5, 5.41) is 5.70. The Kier molecular flexibility index (Phi) is 6.70. The van der Waals surface area contributed by atoms with Gasteiger partial charge >= 0.3 is 0 Å². The van der Waals surface area contributed by atoms with Gasteiger partial charge in [-0.1, -0.05) is 84.1 Å². The van der Waals surface area contributed by atoms with Gasteiger partial charge in [0.1, 0.15) is 4.32 Å². The Morgan fingerprint density at radius 1 is 1.06 bits per heavy atom. The van der Waals surface area contributed by atoms with Crippen LogP contribution in [0.25, 0.3) is 16.8 Å². The zero-order valence-corrected chi connectivity index (χ0v) is 18.9. The molecule has 3 aromatic carbocycles. The molecule has 0 atom stereocenters. The van der Waals surface area contributed by atoms with Gasteiger partial charge in [-0.15, -0.1) is 0 Å². The normalized spacial score (nSPS) is 15.1. The van der Waals surface area contributed by atoms with Crippen molar-refractivity contribution in [2.45, 2.75) is 12.8 Å². The molecule has 1 saturated heterocycles. The van der Waals surface area contributed by atoms with Crippen molar-refractivity contribution < 1.29 is 9.59 Å². The van der Waals surface area contributed by atoms with Crippen LogP contribution in [0.4, 0.5) is 5.69 Å². The lowest BCUT2D eigenvalue weighted by Crippen LogP contribution is -2.29. The molecule has 3 aromatic rings. The van der Waals surface area contributed by atoms with E-state index in [1.54, 1.807) is 17.0 Å². The minimum atomic E-state index is -0.148. The van der Waals surface area contributed by atoms with Crippen LogP contribution in [0.2, 0.25) is 5.02 Å². The van der Waals surface area contributed by atoms with Crippen LogP contribution in [0.3, 0.4) is 0 Å². The van der Waals surface area contributed by atoms with E-state index in [2.05, 4.69) is 5.32 Å². The van der Waals surface area contributed by atoms with Gasteiger partial charge in [0.05, 0.1) is 4.91 Å². The first kappa shape index (κ1) is 21.6. The highest BCUT2D eigenvalue weighted by Gasteiger charge is 2.31. The van der Waals surface area contributed by atoms with E-state index < -0.39 is 0 Å². The molecule has 0 radical (unpaired) electrons. The lowest BCUT2D eigenvalue weighted by atomic mass is 10.1. The van der Waals surface area contributed by atoms with Gasteiger partial charge in [0.2, 0.25) is 5.91 Å². The Labute approximate surface area is 195 Å². The van der Waals surface area contributed by atoms with Crippen molar-refractivity contribution in [1.82, 2.24) is 4.90 Å². The summed E-state index contributed by atoms with van der Waals surface area (Å²) in [6.07, 6.45) is 2.58. The van der Waals surface area contributed by atoms with Gasteiger partial charge in [0.25, 0.3) is 5.91 Å². The molecule has 2 amide bonds. The monoisotopic (exact) mass is 466 g/mol. The molecule has 4 nitrogen and oxygen atoms in total. The van der Waals surface area contributed by atoms with Gasteiger partial charge < -0.3 is 5.32 Å². The van der Waals surface area contributed by atoms with Crippen molar-refractivity contribution in [2.24, 2.45) is 0 Å². The molecule has 4 rings (SSSR count). The third kappa shape index (κ3) is 5.15. The zero-order valence-electron chi connectivity index (χ0n) is 16.5. The Hall–Kier alpha value is -2.67. The Balaban J connectivity index is 1.32. The molecule has 0 saturated carbocycles. The highest BCUT2D eigenvalue weighted by molar-refractivity contribution is 8.26. The van der Waals surface area contributed by atoms with Crippen LogP contribution in [0.1, 0.15) is 18.4 Å². The molecule has 0 aromatic heterocycles. The third-order valence-corrected chi connectivity index (χ3v) is 6.61. The summed E-state index contributed by atoms with van der Waals surface area (Å²) in [6.45, 7) is 0.398. The van der Waals surface area contributed by atoms with E-state index in [0.717, 1.165) is 22.0 Å². The number of carbonyl (C=O) groups is 2. The minimum Gasteiger partial charge on any atom is -0.326 e. The number of nitrogens with zero attached hydrogens (tertiary/aromatic N) is 1. The number of anilines is 1. The van der Waals surface area contributed by atoms with Gasteiger partial charge in [-0.2, -0.15) is 0 Å². The van der Waals surface area contributed by atoms with Crippen molar-refractivity contribution in [1.29, 1.82) is 0 Å². The Bertz CT molecular complexity index is 1210. The standard InChI is InChI=1S/C24H19ClN2O2S2/c25-20-9-4-3-8-18(20)15-21-23(29)27(24(30)31-21)13-5-10-22(28)26-19-12-11-16-6-1-2-7-17(16)14-19/h1-4,6-9,11-12,14-15H,5,10,13H2,(H,26,28)/b21-15-. The number of fused-ring (bicyclic) bond motifs is 1. The molecule has 0 aliphatic carbocycles. The molecule has 31 heavy (non-hydrogen) atoms. The number of thioether (sulfide) groups is 1. The Morgan fingerprint density at radius 2 is 1.81 bits per heavy atom. The van der Waals surface area contributed by atoms with Gasteiger partial charge in [0.15, 0.2) is 0 Å². The molecular formula is C24H19ClN2O2S2. The molecule has 1 aliphatic heterocycles. The molecule has 1 fully saturated rings. The Morgan fingerprint density at radius 3 is 2.61 bits per heavy atom. The van der Waals surface area contributed by atoms with Crippen LogP contribution in [0, 0.1) is 0 Å². The molecule has 7 heteroatoms. The van der Waals surface area contributed by atoms with Crippen molar-refractivity contribution in [3.8, 4) is 0 Å². The van der Waals surface area contributed by atoms with Gasteiger partial charge in [-0.3, -0.25) is 14.5 Å². The molecule has 1 N–H and O–H groups in total. The summed E-state index contributed by atoms with van der Waals surface area (Å²) < 4.78 is 0.498. The van der Waals surface area contributed by atoms with E-state index in [9.17, 15) is 9.59 Å². The van der Waals surface area contributed by atoms with E-state index in [0.29, 0.717) is 33.6 Å². The van der Waals surface area contributed by atoms with Crippen LogP contribution in [-0.2, 0) is 9.59 Å². The molecule has 0 spiro atoms. The number of hydrogen-bond acceptors (Lipinski definition) is 4. The molecular weight excluding hydrogens is 448 g/mol. The lowest BCUT2D eigenvalue weighted by Gasteiger charge is -2.14.